The van der Waals surface area contributed by atoms with E-state index >= 15 is 0 Å². The number of nitrogens with two attached hydrogens (primary N) is 1. The Bertz CT molecular complexity index is 1060. The van der Waals surface area contributed by atoms with Crippen molar-refractivity contribution in [1.82, 2.24) is 10.6 Å². The molecule has 0 radical (unpaired) electrons. The average molecular weight is 594 g/mol. The van der Waals surface area contributed by atoms with Crippen molar-refractivity contribution < 1.29 is 14.3 Å². The Morgan fingerprint density at radius 1 is 0.953 bits per heavy atom. The van der Waals surface area contributed by atoms with E-state index in [-0.39, 0.29) is 11.9 Å². The third-order valence-corrected chi connectivity index (χ3v) is 13.0. The van der Waals surface area contributed by atoms with Gasteiger partial charge < -0.3 is 21.1 Å². The summed E-state index contributed by atoms with van der Waals surface area (Å²) in [5.74, 6) is 3.81. The molecule has 0 saturated heterocycles. The van der Waals surface area contributed by atoms with Crippen LogP contribution in [0.1, 0.15) is 109 Å². The van der Waals surface area contributed by atoms with E-state index in [9.17, 15) is 9.59 Å². The molecule has 0 spiro atoms. The number of carbonyl (C=O) groups is 2. The van der Waals surface area contributed by atoms with Crippen LogP contribution in [0.15, 0.2) is 30.3 Å². The first-order valence-electron chi connectivity index (χ1n) is 17.6. The molecule has 240 valence electrons. The van der Waals surface area contributed by atoms with Gasteiger partial charge in [0.1, 0.15) is 6.04 Å². The Labute approximate surface area is 261 Å². The van der Waals surface area contributed by atoms with Gasteiger partial charge >= 0.3 is 5.97 Å². The monoisotopic (exact) mass is 593 g/mol. The first kappa shape index (κ1) is 32.5. The van der Waals surface area contributed by atoms with Gasteiger partial charge in [-0.05, 0) is 143 Å². The van der Waals surface area contributed by atoms with Crippen LogP contribution in [0.3, 0.4) is 0 Å². The maximum absolute atomic E-state index is 12.9. The maximum atomic E-state index is 12.9. The number of hydrogen-bond donors (Lipinski definition) is 3. The minimum atomic E-state index is -0.637. The van der Waals surface area contributed by atoms with Crippen molar-refractivity contribution in [2.75, 3.05) is 20.2 Å². The molecule has 4 N–H and O–H groups in total. The summed E-state index contributed by atoms with van der Waals surface area (Å²) in [5.41, 5.74) is 7.66. The lowest BCUT2D eigenvalue weighted by Gasteiger charge is -2.61. The number of rotatable bonds is 13. The zero-order valence-electron chi connectivity index (χ0n) is 27.3. The molecule has 0 aliphatic heterocycles. The van der Waals surface area contributed by atoms with Gasteiger partial charge in [-0.2, -0.15) is 0 Å². The predicted octanol–water partition coefficient (Wildman–Crippen LogP) is 6.41. The smallest absolute Gasteiger partial charge is 0.328 e. The molecule has 5 rings (SSSR count). The average Bonchev–Trinajstić information content (AvgIpc) is 3.35. The Morgan fingerprint density at radius 2 is 1.72 bits per heavy atom. The van der Waals surface area contributed by atoms with Gasteiger partial charge in [-0.1, -0.05) is 44.2 Å². The molecule has 43 heavy (non-hydrogen) atoms. The molecule has 6 heteroatoms. The summed E-state index contributed by atoms with van der Waals surface area (Å²) >= 11 is 0. The van der Waals surface area contributed by atoms with Crippen LogP contribution in [0.2, 0.25) is 0 Å². The number of unbranched alkanes of at least 4 members (excludes halogenated alkanes) is 1. The van der Waals surface area contributed by atoms with Crippen molar-refractivity contribution in [2.24, 2.45) is 46.2 Å². The lowest BCUT2D eigenvalue weighted by molar-refractivity contribution is -0.145. The van der Waals surface area contributed by atoms with Crippen molar-refractivity contribution >= 4 is 11.9 Å². The molecule has 9 atom stereocenters. The minimum Gasteiger partial charge on any atom is -0.467 e. The van der Waals surface area contributed by atoms with E-state index in [0.29, 0.717) is 35.6 Å². The number of hydrogen-bond acceptors (Lipinski definition) is 5. The normalized spacial score (nSPS) is 35.7. The number of ether oxygens (including phenoxy) is 1. The Kier molecular flexibility index (Phi) is 10.9. The van der Waals surface area contributed by atoms with E-state index in [1.807, 2.05) is 30.3 Å². The van der Waals surface area contributed by atoms with Crippen LogP contribution in [-0.4, -0.2) is 44.2 Å². The van der Waals surface area contributed by atoms with Crippen LogP contribution in [0, 0.1) is 40.4 Å². The number of methoxy groups -OCH3 is 1. The van der Waals surface area contributed by atoms with Crippen molar-refractivity contribution in [3.05, 3.63) is 35.9 Å². The Hall–Kier alpha value is -1.92. The van der Waals surface area contributed by atoms with E-state index in [2.05, 4.69) is 24.5 Å². The number of esters is 1. The second kappa shape index (κ2) is 14.5. The number of amides is 1. The van der Waals surface area contributed by atoms with Crippen molar-refractivity contribution in [3.63, 3.8) is 0 Å². The summed E-state index contributed by atoms with van der Waals surface area (Å²) in [6, 6.07) is 9.89. The largest absolute Gasteiger partial charge is 0.467 e. The van der Waals surface area contributed by atoms with Gasteiger partial charge in [0.25, 0.3) is 0 Å². The molecule has 9 unspecified atom stereocenters. The third-order valence-electron chi connectivity index (χ3n) is 13.0. The van der Waals surface area contributed by atoms with E-state index < -0.39 is 6.04 Å². The van der Waals surface area contributed by atoms with Crippen LogP contribution in [0.4, 0.5) is 0 Å². The van der Waals surface area contributed by atoms with Crippen LogP contribution < -0.4 is 16.4 Å². The predicted molar refractivity (Wildman–Crippen MR) is 173 cm³/mol. The SMILES string of the molecule is COC(=O)C(Cc1ccccc1)NC(=O)CCCC1CCC2C3CCC4CC(NCCCCN)CCC4(C)C3CCC12C. The molecule has 4 aliphatic carbocycles. The highest BCUT2D eigenvalue weighted by Crippen LogP contribution is 2.67. The van der Waals surface area contributed by atoms with E-state index in [4.69, 9.17) is 10.5 Å². The molecule has 6 nitrogen and oxygen atoms in total. The second-order valence-electron chi connectivity index (χ2n) is 15.1. The Balaban J connectivity index is 1.11. The standard InChI is InChI=1S/C37H59N3O3/c1-36-21-19-32-30(16-14-28-25-29(18-20-37(28,32)2)39-23-8-7-22-38)31(36)17-15-27(36)12-9-13-34(41)40-33(35(42)43-3)24-26-10-5-4-6-11-26/h4-6,10-11,27-33,39H,7-9,12-25,38H2,1-3H3,(H,40,41). The summed E-state index contributed by atoms with van der Waals surface area (Å²) in [4.78, 5) is 25.3. The highest BCUT2D eigenvalue weighted by Gasteiger charge is 2.59. The lowest BCUT2D eigenvalue weighted by atomic mass is 9.44. The van der Waals surface area contributed by atoms with Gasteiger partial charge in [0.15, 0.2) is 0 Å². The fraction of sp³-hybridized carbons (Fsp3) is 0.784. The fourth-order valence-corrected chi connectivity index (χ4v) is 10.6. The molecule has 0 aromatic heterocycles. The molecule has 1 aromatic carbocycles. The zero-order valence-corrected chi connectivity index (χ0v) is 27.3. The van der Waals surface area contributed by atoms with Gasteiger partial charge in [-0.25, -0.2) is 4.79 Å². The molecule has 1 amide bonds. The summed E-state index contributed by atoms with van der Waals surface area (Å²) < 4.78 is 5.00. The topological polar surface area (TPSA) is 93.4 Å². The van der Waals surface area contributed by atoms with Crippen molar-refractivity contribution in [2.45, 2.75) is 122 Å². The molecular weight excluding hydrogens is 534 g/mol. The van der Waals surface area contributed by atoms with Crippen molar-refractivity contribution in [3.8, 4) is 0 Å². The van der Waals surface area contributed by atoms with Crippen LogP contribution in [0.25, 0.3) is 0 Å². The minimum absolute atomic E-state index is 0.0366. The highest BCUT2D eigenvalue weighted by molar-refractivity contribution is 5.84. The lowest BCUT2D eigenvalue weighted by Crippen LogP contribution is -2.55. The molecule has 1 aromatic rings. The third kappa shape index (κ3) is 7.16. The Morgan fingerprint density at radius 3 is 2.49 bits per heavy atom. The summed E-state index contributed by atoms with van der Waals surface area (Å²) in [6.45, 7) is 7.21. The quantitative estimate of drug-likeness (QED) is 0.181. The number of benzene rings is 1. The van der Waals surface area contributed by atoms with Gasteiger partial charge in [0.2, 0.25) is 5.91 Å². The van der Waals surface area contributed by atoms with Gasteiger partial charge in [0.05, 0.1) is 7.11 Å². The van der Waals surface area contributed by atoms with Crippen molar-refractivity contribution in [1.29, 1.82) is 0 Å². The van der Waals surface area contributed by atoms with E-state index in [0.717, 1.165) is 61.6 Å². The van der Waals surface area contributed by atoms with E-state index in [1.54, 1.807) is 0 Å². The molecule has 4 aliphatic rings. The van der Waals surface area contributed by atoms with Crippen LogP contribution in [0.5, 0.6) is 0 Å². The van der Waals surface area contributed by atoms with Crippen LogP contribution in [-0.2, 0) is 20.7 Å². The first-order valence-corrected chi connectivity index (χ1v) is 17.6. The highest BCUT2D eigenvalue weighted by atomic mass is 16.5. The zero-order chi connectivity index (χ0) is 30.5. The summed E-state index contributed by atoms with van der Waals surface area (Å²) in [5, 5.41) is 6.85. The summed E-state index contributed by atoms with van der Waals surface area (Å²) in [6.07, 6.45) is 17.7. The fourth-order valence-electron chi connectivity index (χ4n) is 10.6. The number of nitrogens with one attached hydrogen (secondary N) is 2. The molecule has 0 bridgehead atoms. The van der Waals surface area contributed by atoms with Gasteiger partial charge in [-0.3, -0.25) is 4.79 Å². The second-order valence-corrected chi connectivity index (χ2v) is 15.1. The molecule has 4 saturated carbocycles. The number of fused-ring (bicyclic) bond motifs is 5. The van der Waals surface area contributed by atoms with Gasteiger partial charge in [-0.15, -0.1) is 0 Å². The molecule has 4 fully saturated rings. The van der Waals surface area contributed by atoms with Crippen LogP contribution >= 0.6 is 0 Å². The van der Waals surface area contributed by atoms with E-state index in [1.165, 1.54) is 71.3 Å². The van der Waals surface area contributed by atoms with Gasteiger partial charge in [0, 0.05) is 18.9 Å². The molecular formula is C37H59N3O3. The summed E-state index contributed by atoms with van der Waals surface area (Å²) in [7, 11) is 1.39. The maximum Gasteiger partial charge on any atom is 0.328 e. The number of carbonyl (C=O) groups excluding carboxylic acids is 2. The molecule has 0 heterocycles. The first-order chi connectivity index (χ1) is 20.8.